The van der Waals surface area contributed by atoms with Gasteiger partial charge in [-0.3, -0.25) is 4.68 Å². The Labute approximate surface area is 151 Å². The molecule has 0 atom stereocenters. The highest BCUT2D eigenvalue weighted by Crippen LogP contribution is 2.14. The molecular formula is C19H30N6. The van der Waals surface area contributed by atoms with Gasteiger partial charge in [-0.2, -0.15) is 5.10 Å². The number of nitrogens with one attached hydrogen (secondary N) is 2. The average molecular weight is 342 g/mol. The molecule has 0 amide bonds. The highest BCUT2D eigenvalue weighted by molar-refractivity contribution is 5.79. The van der Waals surface area contributed by atoms with Crippen molar-refractivity contribution in [2.24, 2.45) is 12.0 Å². The van der Waals surface area contributed by atoms with Crippen LogP contribution in [-0.2, 0) is 13.6 Å². The Bertz CT molecular complexity index is 676. The van der Waals surface area contributed by atoms with Gasteiger partial charge in [0.25, 0.3) is 0 Å². The molecule has 0 fully saturated rings. The van der Waals surface area contributed by atoms with Crippen LogP contribution in [0.15, 0.2) is 41.5 Å². The quantitative estimate of drug-likeness (QED) is 0.571. The van der Waals surface area contributed by atoms with E-state index in [1.165, 1.54) is 11.3 Å². The largest absolute Gasteiger partial charge is 0.370 e. The summed E-state index contributed by atoms with van der Waals surface area (Å²) < 4.78 is 1.85. The van der Waals surface area contributed by atoms with Crippen molar-refractivity contribution < 1.29 is 0 Å². The van der Waals surface area contributed by atoms with E-state index in [1.54, 1.807) is 6.20 Å². The van der Waals surface area contributed by atoms with Crippen LogP contribution in [0, 0.1) is 6.92 Å². The SMILES string of the molecule is CCNC(=NCc1ccnn1C)NCCN(CC)c1cccc(C)c1. The van der Waals surface area contributed by atoms with Gasteiger partial charge in [0, 0.05) is 45.1 Å². The van der Waals surface area contributed by atoms with Gasteiger partial charge in [-0.15, -0.1) is 0 Å². The maximum atomic E-state index is 4.64. The summed E-state index contributed by atoms with van der Waals surface area (Å²) in [6, 6.07) is 10.6. The van der Waals surface area contributed by atoms with E-state index in [2.05, 4.69) is 70.7 Å². The van der Waals surface area contributed by atoms with Crippen molar-refractivity contribution in [3.8, 4) is 0 Å². The van der Waals surface area contributed by atoms with Crippen LogP contribution in [0.25, 0.3) is 0 Å². The lowest BCUT2D eigenvalue weighted by Crippen LogP contribution is -2.41. The lowest BCUT2D eigenvalue weighted by atomic mass is 10.2. The molecule has 0 radical (unpaired) electrons. The normalized spacial score (nSPS) is 11.4. The molecule has 0 saturated carbocycles. The summed E-state index contributed by atoms with van der Waals surface area (Å²) in [4.78, 5) is 7.01. The molecule has 6 nitrogen and oxygen atoms in total. The van der Waals surface area contributed by atoms with Crippen LogP contribution in [0.3, 0.4) is 0 Å². The molecule has 0 aliphatic rings. The Kier molecular flexibility index (Phi) is 7.32. The first-order chi connectivity index (χ1) is 12.1. The smallest absolute Gasteiger partial charge is 0.191 e. The second-order valence-electron chi connectivity index (χ2n) is 5.99. The second kappa shape index (κ2) is 9.71. The van der Waals surface area contributed by atoms with Crippen LogP contribution in [-0.4, -0.2) is 41.9 Å². The number of anilines is 1. The van der Waals surface area contributed by atoms with Crippen LogP contribution >= 0.6 is 0 Å². The predicted octanol–water partition coefficient (Wildman–Crippen LogP) is 2.31. The van der Waals surface area contributed by atoms with Crippen molar-refractivity contribution in [3.63, 3.8) is 0 Å². The van der Waals surface area contributed by atoms with Gasteiger partial charge in [-0.1, -0.05) is 12.1 Å². The number of hydrogen-bond donors (Lipinski definition) is 2. The molecule has 0 saturated heterocycles. The number of aromatic nitrogens is 2. The highest BCUT2D eigenvalue weighted by atomic mass is 15.3. The number of benzene rings is 1. The Hall–Kier alpha value is -2.50. The molecule has 2 rings (SSSR count). The lowest BCUT2D eigenvalue weighted by Gasteiger charge is -2.24. The molecule has 0 spiro atoms. The predicted molar refractivity (Wildman–Crippen MR) is 105 cm³/mol. The summed E-state index contributed by atoms with van der Waals surface area (Å²) in [6.07, 6.45) is 1.80. The fraction of sp³-hybridized carbons (Fsp3) is 0.474. The van der Waals surface area contributed by atoms with Crippen LogP contribution in [0.1, 0.15) is 25.1 Å². The molecular weight excluding hydrogens is 312 g/mol. The van der Waals surface area contributed by atoms with E-state index < -0.39 is 0 Å². The Morgan fingerprint density at radius 3 is 2.72 bits per heavy atom. The van der Waals surface area contributed by atoms with E-state index in [0.29, 0.717) is 6.54 Å². The Balaban J connectivity index is 1.90. The van der Waals surface area contributed by atoms with E-state index in [-0.39, 0.29) is 0 Å². The van der Waals surface area contributed by atoms with Crippen molar-refractivity contribution in [2.75, 3.05) is 31.1 Å². The summed E-state index contributed by atoms with van der Waals surface area (Å²) >= 11 is 0. The molecule has 136 valence electrons. The van der Waals surface area contributed by atoms with E-state index in [9.17, 15) is 0 Å². The summed E-state index contributed by atoms with van der Waals surface area (Å²) in [5.41, 5.74) is 3.64. The number of aliphatic imine (C=N–C) groups is 1. The molecule has 2 N–H and O–H groups in total. The summed E-state index contributed by atoms with van der Waals surface area (Å²) in [6.45, 7) is 10.6. The molecule has 0 aliphatic heterocycles. The van der Waals surface area contributed by atoms with Crippen molar-refractivity contribution in [2.45, 2.75) is 27.3 Å². The van der Waals surface area contributed by atoms with E-state index >= 15 is 0 Å². The topological polar surface area (TPSA) is 57.5 Å². The van der Waals surface area contributed by atoms with Crippen LogP contribution in [0.4, 0.5) is 5.69 Å². The number of aryl methyl sites for hydroxylation is 2. The summed E-state index contributed by atoms with van der Waals surface area (Å²) in [5, 5.41) is 10.9. The zero-order valence-electron chi connectivity index (χ0n) is 15.8. The monoisotopic (exact) mass is 342 g/mol. The van der Waals surface area contributed by atoms with Gasteiger partial charge in [0.05, 0.1) is 12.2 Å². The van der Waals surface area contributed by atoms with Crippen molar-refractivity contribution >= 4 is 11.6 Å². The van der Waals surface area contributed by atoms with Crippen LogP contribution < -0.4 is 15.5 Å². The molecule has 25 heavy (non-hydrogen) atoms. The number of hydrogen-bond acceptors (Lipinski definition) is 3. The van der Waals surface area contributed by atoms with Gasteiger partial charge in [-0.05, 0) is 44.5 Å². The Morgan fingerprint density at radius 1 is 1.24 bits per heavy atom. The molecule has 1 heterocycles. The molecule has 0 bridgehead atoms. The zero-order valence-corrected chi connectivity index (χ0v) is 15.8. The fourth-order valence-corrected chi connectivity index (χ4v) is 2.66. The van der Waals surface area contributed by atoms with Crippen molar-refractivity contribution in [1.82, 2.24) is 20.4 Å². The Morgan fingerprint density at radius 2 is 2.08 bits per heavy atom. The standard InChI is InChI=1S/C19H30N6/c1-5-20-19(22-15-18-10-11-23-24(18)4)21-12-13-25(6-2)17-9-7-8-16(3)14-17/h7-11,14H,5-6,12-13,15H2,1-4H3,(H2,20,21,22). The van der Waals surface area contributed by atoms with Gasteiger partial charge in [0.1, 0.15) is 0 Å². The molecule has 1 aromatic carbocycles. The highest BCUT2D eigenvalue weighted by Gasteiger charge is 2.05. The lowest BCUT2D eigenvalue weighted by molar-refractivity contribution is 0.705. The van der Waals surface area contributed by atoms with Gasteiger partial charge in [-0.25, -0.2) is 4.99 Å². The number of guanidine groups is 1. The number of nitrogens with zero attached hydrogens (tertiary/aromatic N) is 4. The zero-order chi connectivity index (χ0) is 18.1. The van der Waals surface area contributed by atoms with Crippen molar-refractivity contribution in [1.29, 1.82) is 0 Å². The minimum atomic E-state index is 0.612. The second-order valence-corrected chi connectivity index (χ2v) is 5.99. The average Bonchev–Trinajstić information content (AvgIpc) is 3.01. The van der Waals surface area contributed by atoms with Crippen LogP contribution in [0.2, 0.25) is 0 Å². The van der Waals surface area contributed by atoms with Gasteiger partial charge < -0.3 is 15.5 Å². The molecule has 2 aromatic rings. The fourth-order valence-electron chi connectivity index (χ4n) is 2.66. The van der Waals surface area contributed by atoms with Gasteiger partial charge >= 0.3 is 0 Å². The third kappa shape index (κ3) is 5.81. The third-order valence-electron chi connectivity index (χ3n) is 4.09. The molecule has 0 aliphatic carbocycles. The van der Waals surface area contributed by atoms with E-state index in [1.807, 2.05) is 17.8 Å². The first-order valence-corrected chi connectivity index (χ1v) is 8.94. The summed E-state index contributed by atoms with van der Waals surface area (Å²) in [5.74, 6) is 0.837. The van der Waals surface area contributed by atoms with Gasteiger partial charge in [0.15, 0.2) is 5.96 Å². The van der Waals surface area contributed by atoms with E-state index in [0.717, 1.165) is 37.8 Å². The number of likely N-dealkylation sites (N-methyl/N-ethyl adjacent to an activating group) is 1. The maximum absolute atomic E-state index is 4.64. The minimum Gasteiger partial charge on any atom is -0.370 e. The molecule has 6 heteroatoms. The molecule has 1 aromatic heterocycles. The minimum absolute atomic E-state index is 0.612. The maximum Gasteiger partial charge on any atom is 0.191 e. The first kappa shape index (κ1) is 18.8. The van der Waals surface area contributed by atoms with Crippen molar-refractivity contribution in [3.05, 3.63) is 47.8 Å². The number of rotatable bonds is 8. The van der Waals surface area contributed by atoms with Crippen LogP contribution in [0.5, 0.6) is 0 Å². The third-order valence-corrected chi connectivity index (χ3v) is 4.09. The first-order valence-electron chi connectivity index (χ1n) is 8.94. The molecule has 0 unspecified atom stereocenters. The summed E-state index contributed by atoms with van der Waals surface area (Å²) in [7, 11) is 1.94. The van der Waals surface area contributed by atoms with E-state index in [4.69, 9.17) is 0 Å². The van der Waals surface area contributed by atoms with Gasteiger partial charge in [0.2, 0.25) is 0 Å².